The number of benzene rings is 1. The number of hydrogen-bond acceptors (Lipinski definition) is 5. The molecule has 2 aromatic rings. The highest BCUT2D eigenvalue weighted by atomic mass is 32.1. The average molecular weight is 401 g/mol. The number of carbonyl (C=O) groups is 3. The van der Waals surface area contributed by atoms with Crippen molar-refractivity contribution in [2.24, 2.45) is 0 Å². The van der Waals surface area contributed by atoms with E-state index in [4.69, 9.17) is 4.74 Å². The molecule has 6 nitrogen and oxygen atoms in total. The van der Waals surface area contributed by atoms with Crippen LogP contribution >= 0.6 is 11.3 Å². The van der Waals surface area contributed by atoms with E-state index in [0.717, 1.165) is 43.2 Å². The van der Waals surface area contributed by atoms with Crippen molar-refractivity contribution in [1.29, 1.82) is 0 Å². The zero-order valence-electron chi connectivity index (χ0n) is 16.1. The average Bonchev–Trinajstić information content (AvgIpc) is 2.86. The van der Waals surface area contributed by atoms with E-state index in [9.17, 15) is 14.4 Å². The van der Waals surface area contributed by atoms with E-state index >= 15 is 0 Å². The molecule has 0 unspecified atom stereocenters. The number of hydrogen-bond donors (Lipinski definition) is 2. The van der Waals surface area contributed by atoms with Crippen molar-refractivity contribution in [3.8, 4) is 0 Å². The van der Waals surface area contributed by atoms with Gasteiger partial charge >= 0.3 is 5.97 Å². The molecule has 1 aromatic heterocycles. The lowest BCUT2D eigenvalue weighted by atomic mass is 10.1. The SMILES string of the molecule is COC(=O)c1c(NC(=O)c2ccc(CNC(C)=O)cc2)sc2c1CCCCC2. The van der Waals surface area contributed by atoms with Gasteiger partial charge in [-0.15, -0.1) is 11.3 Å². The van der Waals surface area contributed by atoms with E-state index in [1.807, 2.05) is 0 Å². The van der Waals surface area contributed by atoms with Crippen LogP contribution in [0.15, 0.2) is 24.3 Å². The molecule has 1 aliphatic carbocycles. The van der Waals surface area contributed by atoms with Crippen LogP contribution < -0.4 is 10.6 Å². The summed E-state index contributed by atoms with van der Waals surface area (Å²) in [6.45, 7) is 1.88. The summed E-state index contributed by atoms with van der Waals surface area (Å²) < 4.78 is 4.97. The van der Waals surface area contributed by atoms with Crippen molar-refractivity contribution in [2.45, 2.75) is 45.6 Å². The largest absolute Gasteiger partial charge is 0.465 e. The third-order valence-corrected chi connectivity index (χ3v) is 6.00. The number of thiophene rings is 1. The van der Waals surface area contributed by atoms with Gasteiger partial charge < -0.3 is 15.4 Å². The number of aryl methyl sites for hydroxylation is 1. The van der Waals surface area contributed by atoms with Crippen LogP contribution in [0.5, 0.6) is 0 Å². The highest BCUT2D eigenvalue weighted by Gasteiger charge is 2.26. The number of esters is 1. The summed E-state index contributed by atoms with van der Waals surface area (Å²) in [7, 11) is 1.36. The molecule has 0 radical (unpaired) electrons. The van der Waals surface area contributed by atoms with E-state index in [1.54, 1.807) is 24.3 Å². The van der Waals surface area contributed by atoms with Crippen molar-refractivity contribution in [3.63, 3.8) is 0 Å². The van der Waals surface area contributed by atoms with Crippen LogP contribution in [0.2, 0.25) is 0 Å². The second kappa shape index (κ2) is 9.01. The zero-order chi connectivity index (χ0) is 20.1. The third-order valence-electron chi connectivity index (χ3n) is 4.80. The number of anilines is 1. The van der Waals surface area contributed by atoms with Gasteiger partial charge in [0.1, 0.15) is 5.00 Å². The summed E-state index contributed by atoms with van der Waals surface area (Å²) in [6.07, 6.45) is 5.05. The second-order valence-electron chi connectivity index (χ2n) is 6.82. The molecule has 3 rings (SSSR count). The van der Waals surface area contributed by atoms with Crippen LogP contribution in [-0.2, 0) is 28.9 Å². The maximum atomic E-state index is 12.7. The van der Waals surface area contributed by atoms with Crippen LogP contribution in [0.25, 0.3) is 0 Å². The first-order valence-corrected chi connectivity index (χ1v) is 10.2. The normalized spacial score (nSPS) is 13.2. The predicted molar refractivity (Wildman–Crippen MR) is 109 cm³/mol. The van der Waals surface area contributed by atoms with E-state index in [2.05, 4.69) is 10.6 Å². The van der Waals surface area contributed by atoms with Crippen LogP contribution in [0, 0.1) is 0 Å². The molecule has 7 heteroatoms. The molecule has 1 aliphatic rings. The molecule has 0 aliphatic heterocycles. The zero-order valence-corrected chi connectivity index (χ0v) is 16.9. The van der Waals surface area contributed by atoms with Gasteiger partial charge in [0.05, 0.1) is 12.7 Å². The van der Waals surface area contributed by atoms with E-state index in [-0.39, 0.29) is 11.8 Å². The maximum Gasteiger partial charge on any atom is 0.341 e. The monoisotopic (exact) mass is 400 g/mol. The van der Waals surface area contributed by atoms with Crippen molar-refractivity contribution in [3.05, 3.63) is 51.4 Å². The van der Waals surface area contributed by atoms with Crippen molar-refractivity contribution in [1.82, 2.24) is 5.32 Å². The first-order valence-electron chi connectivity index (χ1n) is 9.37. The van der Waals surface area contributed by atoms with Crippen LogP contribution in [0.3, 0.4) is 0 Å². The van der Waals surface area contributed by atoms with Gasteiger partial charge in [-0.25, -0.2) is 4.79 Å². The van der Waals surface area contributed by atoms with Gasteiger partial charge in [0.2, 0.25) is 5.91 Å². The first-order chi connectivity index (χ1) is 13.5. The molecule has 1 heterocycles. The fourth-order valence-corrected chi connectivity index (χ4v) is 4.60. The Labute approximate surface area is 168 Å². The van der Waals surface area contributed by atoms with Gasteiger partial charge in [-0.1, -0.05) is 18.6 Å². The first kappa shape index (κ1) is 20.1. The number of methoxy groups -OCH3 is 1. The van der Waals surface area contributed by atoms with Crippen LogP contribution in [-0.4, -0.2) is 24.9 Å². The minimum atomic E-state index is -0.402. The molecule has 0 saturated carbocycles. The molecule has 0 atom stereocenters. The Morgan fingerprint density at radius 1 is 1.07 bits per heavy atom. The van der Waals surface area contributed by atoms with Crippen LogP contribution in [0.1, 0.15) is 62.9 Å². The molecule has 2 N–H and O–H groups in total. The van der Waals surface area contributed by atoms with Gasteiger partial charge in [-0.2, -0.15) is 0 Å². The molecular weight excluding hydrogens is 376 g/mol. The smallest absolute Gasteiger partial charge is 0.341 e. The van der Waals surface area contributed by atoms with Gasteiger partial charge in [-0.3, -0.25) is 9.59 Å². The van der Waals surface area contributed by atoms with Crippen LogP contribution in [0.4, 0.5) is 5.00 Å². The summed E-state index contributed by atoms with van der Waals surface area (Å²) in [4.78, 5) is 37.2. The fourth-order valence-electron chi connectivity index (χ4n) is 3.32. The summed E-state index contributed by atoms with van der Waals surface area (Å²) in [5, 5.41) is 6.18. The molecule has 0 spiro atoms. The predicted octanol–water partition coefficient (Wildman–Crippen LogP) is 3.69. The lowest BCUT2D eigenvalue weighted by molar-refractivity contribution is -0.119. The van der Waals surface area contributed by atoms with Gasteiger partial charge in [-0.05, 0) is 48.9 Å². The molecule has 28 heavy (non-hydrogen) atoms. The van der Waals surface area contributed by atoms with E-state index in [1.165, 1.54) is 30.2 Å². The molecule has 0 bridgehead atoms. The summed E-state index contributed by atoms with van der Waals surface area (Å²) in [5.41, 5.74) is 2.92. The lowest BCUT2D eigenvalue weighted by Gasteiger charge is -2.08. The highest BCUT2D eigenvalue weighted by molar-refractivity contribution is 7.17. The molecule has 148 valence electrons. The Hall–Kier alpha value is -2.67. The summed E-state index contributed by atoms with van der Waals surface area (Å²) in [6, 6.07) is 7.02. The minimum Gasteiger partial charge on any atom is -0.465 e. The molecule has 0 saturated heterocycles. The quantitative estimate of drug-likeness (QED) is 0.592. The number of fused-ring (bicyclic) bond motifs is 1. The maximum absolute atomic E-state index is 12.7. The van der Waals surface area contributed by atoms with E-state index in [0.29, 0.717) is 22.7 Å². The van der Waals surface area contributed by atoms with Crippen molar-refractivity contribution >= 4 is 34.1 Å². The lowest BCUT2D eigenvalue weighted by Crippen LogP contribution is -2.19. The number of nitrogens with one attached hydrogen (secondary N) is 2. The van der Waals surface area contributed by atoms with Gasteiger partial charge in [0.25, 0.3) is 5.91 Å². The number of carbonyl (C=O) groups excluding carboxylic acids is 3. The number of amides is 2. The Bertz CT molecular complexity index is 887. The fraction of sp³-hybridized carbons (Fsp3) is 0.381. The summed E-state index contributed by atoms with van der Waals surface area (Å²) >= 11 is 1.48. The van der Waals surface area contributed by atoms with Gasteiger partial charge in [0.15, 0.2) is 0 Å². The minimum absolute atomic E-state index is 0.102. The van der Waals surface area contributed by atoms with Crippen molar-refractivity contribution < 1.29 is 19.1 Å². The number of rotatable bonds is 5. The Morgan fingerprint density at radius 3 is 2.46 bits per heavy atom. The Morgan fingerprint density at radius 2 is 1.79 bits per heavy atom. The third kappa shape index (κ3) is 4.59. The summed E-state index contributed by atoms with van der Waals surface area (Å²) in [5.74, 6) is -0.775. The Balaban J connectivity index is 1.80. The Kier molecular flexibility index (Phi) is 6.46. The molecular formula is C21H24N2O4S. The highest BCUT2D eigenvalue weighted by Crippen LogP contribution is 2.38. The standard InChI is InChI=1S/C21H24N2O4S/c1-13(24)22-12-14-8-10-15(11-9-14)19(25)23-20-18(21(26)27-2)16-6-4-3-5-7-17(16)28-20/h8-11H,3-7,12H2,1-2H3,(H,22,24)(H,23,25). The van der Waals surface area contributed by atoms with Gasteiger partial charge in [0, 0.05) is 23.9 Å². The molecule has 0 fully saturated rings. The molecule has 1 aromatic carbocycles. The second-order valence-corrected chi connectivity index (χ2v) is 7.93. The number of ether oxygens (including phenoxy) is 1. The van der Waals surface area contributed by atoms with E-state index < -0.39 is 5.97 Å². The topological polar surface area (TPSA) is 84.5 Å². The molecule has 2 amide bonds. The van der Waals surface area contributed by atoms with Crippen molar-refractivity contribution in [2.75, 3.05) is 12.4 Å².